The SMILES string of the molecule is Cc1ccc(C(=O)N(C)c2ccccc2C(=O)O)c(Br)c1. The summed E-state index contributed by atoms with van der Waals surface area (Å²) in [7, 11) is 1.57. The third-order valence-corrected chi connectivity index (χ3v) is 3.81. The minimum atomic E-state index is -1.06. The van der Waals surface area contributed by atoms with Gasteiger partial charge < -0.3 is 10.0 Å². The van der Waals surface area contributed by atoms with E-state index >= 15 is 0 Å². The van der Waals surface area contributed by atoms with Crippen molar-refractivity contribution in [2.45, 2.75) is 6.92 Å². The van der Waals surface area contributed by atoms with Crippen LogP contribution in [0.2, 0.25) is 0 Å². The summed E-state index contributed by atoms with van der Waals surface area (Å²) >= 11 is 3.37. The molecule has 0 aromatic heterocycles. The minimum Gasteiger partial charge on any atom is -0.478 e. The lowest BCUT2D eigenvalue weighted by atomic mass is 10.1. The van der Waals surface area contributed by atoms with Crippen molar-refractivity contribution in [1.29, 1.82) is 0 Å². The fourth-order valence-corrected chi connectivity index (χ4v) is 2.69. The molecule has 0 fully saturated rings. The molecule has 108 valence electrons. The summed E-state index contributed by atoms with van der Waals surface area (Å²) in [5.74, 6) is -1.33. The quantitative estimate of drug-likeness (QED) is 0.920. The summed E-state index contributed by atoms with van der Waals surface area (Å²) in [5.41, 5.74) is 1.98. The first-order chi connectivity index (χ1) is 9.91. The molecule has 0 spiro atoms. The maximum Gasteiger partial charge on any atom is 0.337 e. The lowest BCUT2D eigenvalue weighted by Crippen LogP contribution is -2.28. The van der Waals surface area contributed by atoms with Crippen LogP contribution >= 0.6 is 15.9 Å². The largest absolute Gasteiger partial charge is 0.478 e. The number of carbonyl (C=O) groups is 2. The van der Waals surface area contributed by atoms with E-state index in [1.807, 2.05) is 19.1 Å². The van der Waals surface area contributed by atoms with E-state index in [1.165, 1.54) is 11.0 Å². The van der Waals surface area contributed by atoms with E-state index in [4.69, 9.17) is 0 Å². The van der Waals surface area contributed by atoms with Crippen LogP contribution < -0.4 is 4.90 Å². The van der Waals surface area contributed by atoms with Gasteiger partial charge in [0.15, 0.2) is 0 Å². The Hall–Kier alpha value is -2.14. The molecular weight excluding hydrogens is 334 g/mol. The Kier molecular flexibility index (Phi) is 4.43. The molecule has 1 N–H and O–H groups in total. The molecule has 0 unspecified atom stereocenters. The second kappa shape index (κ2) is 6.10. The molecule has 0 aliphatic rings. The summed E-state index contributed by atoms with van der Waals surface area (Å²) in [6.45, 7) is 1.93. The average molecular weight is 348 g/mol. The number of carboxylic acids is 1. The van der Waals surface area contributed by atoms with Gasteiger partial charge >= 0.3 is 5.97 Å². The predicted octanol–water partition coefficient (Wildman–Crippen LogP) is 3.73. The number of halogens is 1. The van der Waals surface area contributed by atoms with Crippen LogP contribution in [0.1, 0.15) is 26.3 Å². The number of hydrogen-bond donors (Lipinski definition) is 1. The van der Waals surface area contributed by atoms with Gasteiger partial charge in [0.25, 0.3) is 5.91 Å². The topological polar surface area (TPSA) is 57.6 Å². The van der Waals surface area contributed by atoms with Gasteiger partial charge in [-0.15, -0.1) is 0 Å². The van der Waals surface area contributed by atoms with Gasteiger partial charge in [-0.25, -0.2) is 4.79 Å². The third-order valence-electron chi connectivity index (χ3n) is 3.16. The van der Waals surface area contributed by atoms with Crippen molar-refractivity contribution in [2.24, 2.45) is 0 Å². The highest BCUT2D eigenvalue weighted by molar-refractivity contribution is 9.10. The van der Waals surface area contributed by atoms with Crippen molar-refractivity contribution in [3.05, 3.63) is 63.6 Å². The molecule has 1 amide bonds. The number of benzene rings is 2. The highest BCUT2D eigenvalue weighted by Crippen LogP contribution is 2.24. The molecule has 4 nitrogen and oxygen atoms in total. The molecule has 0 aliphatic heterocycles. The van der Waals surface area contributed by atoms with Crippen LogP contribution in [-0.4, -0.2) is 24.0 Å². The van der Waals surface area contributed by atoms with Crippen LogP contribution in [0.5, 0.6) is 0 Å². The molecule has 0 atom stereocenters. The summed E-state index contributed by atoms with van der Waals surface area (Å²) in [4.78, 5) is 25.2. The second-order valence-corrected chi connectivity index (χ2v) is 5.52. The van der Waals surface area contributed by atoms with Crippen molar-refractivity contribution < 1.29 is 14.7 Å². The van der Waals surface area contributed by atoms with Crippen molar-refractivity contribution >= 4 is 33.5 Å². The lowest BCUT2D eigenvalue weighted by Gasteiger charge is -2.20. The number of rotatable bonds is 3. The Balaban J connectivity index is 2.42. The number of nitrogens with zero attached hydrogens (tertiary/aromatic N) is 1. The predicted molar refractivity (Wildman–Crippen MR) is 85.0 cm³/mol. The van der Waals surface area contributed by atoms with Crippen molar-refractivity contribution in [3.8, 4) is 0 Å². The van der Waals surface area contributed by atoms with Crippen LogP contribution in [0.4, 0.5) is 5.69 Å². The average Bonchev–Trinajstić information content (AvgIpc) is 2.45. The van der Waals surface area contributed by atoms with Crippen LogP contribution in [-0.2, 0) is 0 Å². The van der Waals surface area contributed by atoms with Gasteiger partial charge in [-0.3, -0.25) is 4.79 Å². The number of carboxylic acid groups (broad SMARTS) is 1. The zero-order chi connectivity index (χ0) is 15.6. The number of amides is 1. The number of anilines is 1. The molecule has 0 saturated carbocycles. The van der Waals surface area contributed by atoms with Crippen molar-refractivity contribution in [2.75, 3.05) is 11.9 Å². The van der Waals surface area contributed by atoms with E-state index in [-0.39, 0.29) is 11.5 Å². The number of carbonyl (C=O) groups excluding carboxylic acids is 1. The molecule has 0 saturated heterocycles. The molecule has 0 bridgehead atoms. The van der Waals surface area contributed by atoms with Gasteiger partial charge in [0.1, 0.15) is 0 Å². The van der Waals surface area contributed by atoms with E-state index in [0.717, 1.165) is 5.56 Å². The Morgan fingerprint density at radius 3 is 2.38 bits per heavy atom. The van der Waals surface area contributed by atoms with Gasteiger partial charge in [-0.2, -0.15) is 0 Å². The zero-order valence-electron chi connectivity index (χ0n) is 11.6. The van der Waals surface area contributed by atoms with Crippen molar-refractivity contribution in [3.63, 3.8) is 0 Å². The monoisotopic (exact) mass is 347 g/mol. The van der Waals surface area contributed by atoms with Gasteiger partial charge in [0.05, 0.1) is 16.8 Å². The van der Waals surface area contributed by atoms with Crippen molar-refractivity contribution in [1.82, 2.24) is 0 Å². The van der Waals surface area contributed by atoms with E-state index < -0.39 is 5.97 Å². The Bertz CT molecular complexity index is 712. The molecule has 21 heavy (non-hydrogen) atoms. The Labute approximate surface area is 131 Å². The summed E-state index contributed by atoms with van der Waals surface area (Å²) in [6.07, 6.45) is 0. The first kappa shape index (κ1) is 15.3. The lowest BCUT2D eigenvalue weighted by molar-refractivity contribution is 0.0697. The summed E-state index contributed by atoms with van der Waals surface area (Å²) in [6, 6.07) is 11.8. The standard InChI is InChI=1S/C16H14BrNO3/c1-10-7-8-11(13(17)9-10)15(19)18(2)14-6-4-3-5-12(14)16(20)21/h3-9H,1-2H3,(H,20,21). The van der Waals surface area contributed by atoms with Gasteiger partial charge in [-0.1, -0.05) is 18.2 Å². The van der Waals surface area contributed by atoms with E-state index in [2.05, 4.69) is 15.9 Å². The molecule has 0 radical (unpaired) electrons. The molecule has 0 heterocycles. The summed E-state index contributed by atoms with van der Waals surface area (Å²) in [5, 5.41) is 9.21. The van der Waals surface area contributed by atoms with E-state index in [1.54, 1.807) is 31.3 Å². The number of aromatic carboxylic acids is 1. The smallest absolute Gasteiger partial charge is 0.337 e. The van der Waals surface area contributed by atoms with Gasteiger partial charge in [0.2, 0.25) is 0 Å². The number of aryl methyl sites for hydroxylation is 1. The zero-order valence-corrected chi connectivity index (χ0v) is 13.2. The molecule has 2 aromatic carbocycles. The van der Waals surface area contributed by atoms with Crippen LogP contribution in [0.15, 0.2) is 46.9 Å². The second-order valence-electron chi connectivity index (χ2n) is 4.67. The molecular formula is C16H14BrNO3. The maximum atomic E-state index is 12.6. The maximum absolute atomic E-state index is 12.6. The summed E-state index contributed by atoms with van der Waals surface area (Å²) < 4.78 is 0.687. The molecule has 0 aliphatic carbocycles. The van der Waals surface area contributed by atoms with Gasteiger partial charge in [0, 0.05) is 11.5 Å². The highest BCUT2D eigenvalue weighted by atomic mass is 79.9. The third kappa shape index (κ3) is 3.13. The van der Waals surface area contributed by atoms with Gasteiger partial charge in [-0.05, 0) is 52.7 Å². The van der Waals surface area contributed by atoms with E-state index in [0.29, 0.717) is 15.7 Å². The Morgan fingerprint density at radius 2 is 1.76 bits per heavy atom. The molecule has 5 heteroatoms. The van der Waals surface area contributed by atoms with Crippen LogP contribution in [0, 0.1) is 6.92 Å². The van der Waals surface area contributed by atoms with E-state index in [9.17, 15) is 14.7 Å². The molecule has 2 aromatic rings. The minimum absolute atomic E-state index is 0.0941. The first-order valence-corrected chi connectivity index (χ1v) is 7.07. The Morgan fingerprint density at radius 1 is 1.10 bits per heavy atom. The van der Waals surface area contributed by atoms with Crippen LogP contribution in [0.3, 0.4) is 0 Å². The fourth-order valence-electron chi connectivity index (χ4n) is 2.03. The molecule has 2 rings (SSSR count). The highest BCUT2D eigenvalue weighted by Gasteiger charge is 2.20. The first-order valence-electron chi connectivity index (χ1n) is 6.28. The normalized spacial score (nSPS) is 10.2. The van der Waals surface area contributed by atoms with Crippen LogP contribution in [0.25, 0.3) is 0 Å². The fraction of sp³-hybridized carbons (Fsp3) is 0.125. The number of hydrogen-bond acceptors (Lipinski definition) is 2. The number of para-hydroxylation sites is 1.